The second-order valence-corrected chi connectivity index (χ2v) is 7.53. The van der Waals surface area contributed by atoms with Gasteiger partial charge in [-0.2, -0.15) is 0 Å². The molecule has 2 aromatic rings. The fourth-order valence-corrected chi connectivity index (χ4v) is 3.98. The van der Waals surface area contributed by atoms with Crippen molar-refractivity contribution in [3.63, 3.8) is 0 Å². The van der Waals surface area contributed by atoms with Crippen molar-refractivity contribution < 1.29 is 9.59 Å². The molecule has 1 aromatic heterocycles. The predicted octanol–water partition coefficient (Wildman–Crippen LogP) is 4.10. The molecule has 0 bridgehead atoms. The SMILES string of the molecule is CSc1ccc(NC(=O)C2CCCCN2C(=O)c2cccs2)cc1. The number of nitrogens with zero attached hydrogens (tertiary/aromatic N) is 1. The molecule has 24 heavy (non-hydrogen) atoms. The summed E-state index contributed by atoms with van der Waals surface area (Å²) in [6.45, 7) is 0.639. The van der Waals surface area contributed by atoms with Gasteiger partial charge < -0.3 is 10.2 Å². The number of benzene rings is 1. The molecular formula is C18H20N2O2S2. The molecule has 1 saturated heterocycles. The van der Waals surface area contributed by atoms with Crippen molar-refractivity contribution in [2.75, 3.05) is 18.1 Å². The Balaban J connectivity index is 1.72. The Bertz CT molecular complexity index is 698. The van der Waals surface area contributed by atoms with E-state index in [1.807, 2.05) is 48.0 Å². The quantitative estimate of drug-likeness (QED) is 0.835. The smallest absolute Gasteiger partial charge is 0.264 e. The molecule has 3 rings (SSSR count). The first kappa shape index (κ1) is 17.0. The van der Waals surface area contributed by atoms with Crippen molar-refractivity contribution in [3.8, 4) is 0 Å². The fourth-order valence-electron chi connectivity index (χ4n) is 2.89. The number of nitrogens with one attached hydrogen (secondary N) is 1. The molecule has 1 aliphatic heterocycles. The summed E-state index contributed by atoms with van der Waals surface area (Å²) in [7, 11) is 0. The molecule has 2 heterocycles. The molecule has 0 radical (unpaired) electrons. The fraction of sp³-hybridized carbons (Fsp3) is 0.333. The first-order valence-electron chi connectivity index (χ1n) is 7.98. The summed E-state index contributed by atoms with van der Waals surface area (Å²) >= 11 is 3.08. The van der Waals surface area contributed by atoms with Crippen LogP contribution in [0.25, 0.3) is 0 Å². The van der Waals surface area contributed by atoms with Gasteiger partial charge in [0.25, 0.3) is 5.91 Å². The number of hydrogen-bond acceptors (Lipinski definition) is 4. The van der Waals surface area contributed by atoms with E-state index in [4.69, 9.17) is 0 Å². The van der Waals surface area contributed by atoms with Crippen LogP contribution in [-0.4, -0.2) is 35.6 Å². The number of anilines is 1. The largest absolute Gasteiger partial charge is 0.326 e. The van der Waals surface area contributed by atoms with Crippen molar-refractivity contribution in [1.29, 1.82) is 0 Å². The van der Waals surface area contributed by atoms with E-state index in [-0.39, 0.29) is 11.8 Å². The highest BCUT2D eigenvalue weighted by Crippen LogP contribution is 2.23. The molecule has 1 aromatic carbocycles. The number of thiophene rings is 1. The maximum atomic E-state index is 12.7. The molecule has 2 amide bonds. The highest BCUT2D eigenvalue weighted by Gasteiger charge is 2.33. The van der Waals surface area contributed by atoms with Crippen LogP contribution in [0.1, 0.15) is 28.9 Å². The van der Waals surface area contributed by atoms with Crippen LogP contribution in [0.3, 0.4) is 0 Å². The van der Waals surface area contributed by atoms with Gasteiger partial charge in [-0.1, -0.05) is 6.07 Å². The molecule has 126 valence electrons. The minimum Gasteiger partial charge on any atom is -0.326 e. The van der Waals surface area contributed by atoms with Gasteiger partial charge in [-0.15, -0.1) is 23.1 Å². The molecule has 1 N–H and O–H groups in total. The number of piperidine rings is 1. The molecule has 1 atom stereocenters. The summed E-state index contributed by atoms with van der Waals surface area (Å²) in [5.41, 5.74) is 0.770. The summed E-state index contributed by atoms with van der Waals surface area (Å²) in [5.74, 6) is -0.140. The van der Waals surface area contributed by atoms with E-state index in [0.717, 1.165) is 23.4 Å². The van der Waals surface area contributed by atoms with E-state index >= 15 is 0 Å². The summed E-state index contributed by atoms with van der Waals surface area (Å²) in [4.78, 5) is 28.9. The lowest BCUT2D eigenvalue weighted by Gasteiger charge is -2.34. The predicted molar refractivity (Wildman–Crippen MR) is 99.8 cm³/mol. The van der Waals surface area contributed by atoms with Gasteiger partial charge in [-0.3, -0.25) is 9.59 Å². The van der Waals surface area contributed by atoms with Crippen molar-refractivity contribution in [2.24, 2.45) is 0 Å². The summed E-state index contributed by atoms with van der Waals surface area (Å²) < 4.78 is 0. The third-order valence-corrected chi connectivity index (χ3v) is 5.76. The molecule has 0 saturated carbocycles. The number of thioether (sulfide) groups is 1. The van der Waals surface area contributed by atoms with Crippen molar-refractivity contribution in [2.45, 2.75) is 30.2 Å². The van der Waals surface area contributed by atoms with Crippen LogP contribution in [0.4, 0.5) is 5.69 Å². The van der Waals surface area contributed by atoms with Gasteiger partial charge >= 0.3 is 0 Å². The zero-order valence-corrected chi connectivity index (χ0v) is 15.2. The Hall–Kier alpha value is -1.79. The van der Waals surface area contributed by atoms with E-state index in [9.17, 15) is 9.59 Å². The number of rotatable bonds is 4. The molecule has 4 nitrogen and oxygen atoms in total. The van der Waals surface area contributed by atoms with Crippen molar-refractivity contribution in [1.82, 2.24) is 4.90 Å². The molecule has 0 aliphatic carbocycles. The van der Waals surface area contributed by atoms with E-state index in [0.29, 0.717) is 17.8 Å². The van der Waals surface area contributed by atoms with E-state index in [2.05, 4.69) is 5.32 Å². The van der Waals surface area contributed by atoms with E-state index in [1.54, 1.807) is 16.7 Å². The van der Waals surface area contributed by atoms with Gasteiger partial charge in [0.2, 0.25) is 5.91 Å². The Morgan fingerprint density at radius 3 is 2.67 bits per heavy atom. The second kappa shape index (κ2) is 7.85. The monoisotopic (exact) mass is 360 g/mol. The average Bonchev–Trinajstić information content (AvgIpc) is 3.16. The van der Waals surface area contributed by atoms with Gasteiger partial charge in [0.15, 0.2) is 0 Å². The summed E-state index contributed by atoms with van der Waals surface area (Å²) in [5, 5.41) is 4.84. The van der Waals surface area contributed by atoms with Crippen LogP contribution in [-0.2, 0) is 4.79 Å². The summed E-state index contributed by atoms with van der Waals surface area (Å²) in [6, 6.07) is 11.1. The number of carbonyl (C=O) groups excluding carboxylic acids is 2. The van der Waals surface area contributed by atoms with E-state index < -0.39 is 6.04 Å². The molecular weight excluding hydrogens is 340 g/mol. The van der Waals surface area contributed by atoms with Gasteiger partial charge in [-0.25, -0.2) is 0 Å². The van der Waals surface area contributed by atoms with Crippen LogP contribution in [0.15, 0.2) is 46.7 Å². The molecule has 0 spiro atoms. The zero-order chi connectivity index (χ0) is 16.9. The van der Waals surface area contributed by atoms with Gasteiger partial charge in [0.1, 0.15) is 6.04 Å². The summed E-state index contributed by atoms with van der Waals surface area (Å²) in [6.07, 6.45) is 4.65. The molecule has 1 fully saturated rings. The minimum atomic E-state index is -0.395. The number of hydrogen-bond donors (Lipinski definition) is 1. The zero-order valence-electron chi connectivity index (χ0n) is 13.5. The average molecular weight is 361 g/mol. The van der Waals surface area contributed by atoms with Crippen LogP contribution in [0.2, 0.25) is 0 Å². The van der Waals surface area contributed by atoms with Crippen molar-refractivity contribution >= 4 is 40.6 Å². The van der Waals surface area contributed by atoms with Crippen LogP contribution < -0.4 is 5.32 Å². The van der Waals surface area contributed by atoms with Crippen LogP contribution in [0, 0.1) is 0 Å². The minimum absolute atomic E-state index is 0.0393. The molecule has 6 heteroatoms. The van der Waals surface area contributed by atoms with E-state index in [1.165, 1.54) is 11.3 Å². The first-order chi connectivity index (χ1) is 11.7. The highest BCUT2D eigenvalue weighted by atomic mass is 32.2. The third-order valence-electron chi connectivity index (χ3n) is 4.16. The lowest BCUT2D eigenvalue weighted by atomic mass is 10.0. The van der Waals surface area contributed by atoms with Crippen molar-refractivity contribution in [3.05, 3.63) is 46.7 Å². The van der Waals surface area contributed by atoms with Gasteiger partial charge in [0, 0.05) is 17.1 Å². The van der Waals surface area contributed by atoms with Crippen LogP contribution >= 0.6 is 23.1 Å². The normalized spacial score (nSPS) is 17.5. The Labute approximate surface area is 150 Å². The number of carbonyl (C=O) groups is 2. The third kappa shape index (κ3) is 3.82. The topological polar surface area (TPSA) is 49.4 Å². The first-order valence-corrected chi connectivity index (χ1v) is 10.1. The maximum absolute atomic E-state index is 12.7. The standard InChI is InChI=1S/C18H20N2O2S2/c1-23-14-9-7-13(8-10-14)19-17(21)15-5-2-3-11-20(15)18(22)16-6-4-12-24-16/h4,6-10,12,15H,2-3,5,11H2,1H3,(H,19,21). The lowest BCUT2D eigenvalue weighted by molar-refractivity contribution is -0.121. The molecule has 1 aliphatic rings. The second-order valence-electron chi connectivity index (χ2n) is 5.71. The van der Waals surface area contributed by atoms with Gasteiger partial charge in [0.05, 0.1) is 4.88 Å². The Morgan fingerprint density at radius 1 is 1.21 bits per heavy atom. The Kier molecular flexibility index (Phi) is 5.58. The highest BCUT2D eigenvalue weighted by molar-refractivity contribution is 7.98. The molecule has 1 unspecified atom stereocenters. The van der Waals surface area contributed by atoms with Gasteiger partial charge in [-0.05, 0) is 61.2 Å². The van der Waals surface area contributed by atoms with Crippen LogP contribution in [0.5, 0.6) is 0 Å². The maximum Gasteiger partial charge on any atom is 0.264 e. The lowest BCUT2D eigenvalue weighted by Crippen LogP contribution is -2.49. The Morgan fingerprint density at radius 2 is 2.00 bits per heavy atom. The number of amides is 2. The number of likely N-dealkylation sites (tertiary alicyclic amines) is 1.